The highest BCUT2D eigenvalue weighted by molar-refractivity contribution is 7.80. The van der Waals surface area contributed by atoms with Crippen LogP contribution in [0.2, 0.25) is 0 Å². The first-order chi connectivity index (χ1) is 13.1. The molecule has 1 aromatic heterocycles. The fraction of sp³-hybridized carbons (Fsp3) is 0.500. The topological polar surface area (TPSA) is 175 Å². The van der Waals surface area contributed by atoms with E-state index in [-0.39, 0.29) is 30.5 Å². The van der Waals surface area contributed by atoms with E-state index in [1.54, 1.807) is 0 Å². The summed E-state index contributed by atoms with van der Waals surface area (Å²) >= 11 is 0. The molecule has 2 bridgehead atoms. The number of aromatic nitrogens is 2. The van der Waals surface area contributed by atoms with Gasteiger partial charge in [-0.25, -0.2) is 9.78 Å². The van der Waals surface area contributed by atoms with Gasteiger partial charge in [-0.2, -0.15) is 13.5 Å². The van der Waals surface area contributed by atoms with Crippen LogP contribution in [0.5, 0.6) is 0 Å². The summed E-state index contributed by atoms with van der Waals surface area (Å²) in [7, 11) is -4.86. The number of nitrogens with one attached hydrogen (secondary N) is 2. The van der Waals surface area contributed by atoms with E-state index in [0.717, 1.165) is 0 Å². The minimum absolute atomic E-state index is 0.0893. The molecule has 3 amide bonds. The zero-order chi connectivity index (χ0) is 20.6. The molecular weight excluding hydrogens is 396 g/mol. The Hall–Kier alpha value is -2.84. The van der Waals surface area contributed by atoms with E-state index in [1.807, 2.05) is 0 Å². The van der Waals surface area contributed by atoms with Gasteiger partial charge < -0.3 is 10.2 Å². The van der Waals surface area contributed by atoms with Crippen LogP contribution in [0.3, 0.4) is 0 Å². The van der Waals surface area contributed by atoms with Crippen molar-refractivity contribution in [1.82, 2.24) is 24.8 Å². The predicted octanol–water partition coefficient (Wildman–Crippen LogP) is -0.818. The molecule has 13 nitrogen and oxygen atoms in total. The van der Waals surface area contributed by atoms with Gasteiger partial charge in [-0.3, -0.25) is 24.1 Å². The highest BCUT2D eigenvalue weighted by Crippen LogP contribution is 2.30. The fourth-order valence-electron chi connectivity index (χ4n) is 3.30. The molecule has 0 saturated carbocycles. The number of amidine groups is 1. The molecule has 1 aromatic rings. The third-order valence-electron chi connectivity index (χ3n) is 4.48. The maximum atomic E-state index is 12.3. The molecule has 2 aliphatic rings. The molecule has 2 saturated heterocycles. The number of imidazole rings is 1. The summed E-state index contributed by atoms with van der Waals surface area (Å²) in [5, 5.41) is 11.1. The second kappa shape index (κ2) is 7.29. The van der Waals surface area contributed by atoms with Gasteiger partial charge in [0.2, 0.25) is 11.8 Å². The molecule has 2 aliphatic heterocycles. The van der Waals surface area contributed by atoms with Gasteiger partial charge in [-0.15, -0.1) is 4.28 Å². The molecule has 152 valence electrons. The molecule has 28 heavy (non-hydrogen) atoms. The van der Waals surface area contributed by atoms with Crippen molar-refractivity contribution in [1.29, 1.82) is 5.41 Å². The zero-order valence-electron chi connectivity index (χ0n) is 14.7. The summed E-state index contributed by atoms with van der Waals surface area (Å²) in [4.78, 5) is 41.1. The van der Waals surface area contributed by atoms with E-state index in [0.29, 0.717) is 17.9 Å². The Morgan fingerprint density at radius 3 is 2.79 bits per heavy atom. The molecule has 0 aromatic carbocycles. The van der Waals surface area contributed by atoms with Crippen molar-refractivity contribution >= 4 is 34.1 Å². The van der Waals surface area contributed by atoms with Crippen molar-refractivity contribution in [3.8, 4) is 0 Å². The van der Waals surface area contributed by atoms with Crippen LogP contribution in [0, 0.1) is 5.41 Å². The normalized spacial score (nSPS) is 21.7. The third kappa shape index (κ3) is 4.02. The van der Waals surface area contributed by atoms with Gasteiger partial charge in [0, 0.05) is 25.9 Å². The predicted molar refractivity (Wildman–Crippen MR) is 91.5 cm³/mol. The molecule has 2 atom stereocenters. The molecule has 0 radical (unpaired) electrons. The highest BCUT2D eigenvalue weighted by atomic mass is 32.3. The number of amides is 3. The Labute approximate surface area is 159 Å². The molecule has 3 N–H and O–H groups in total. The van der Waals surface area contributed by atoms with Crippen molar-refractivity contribution in [3.63, 3.8) is 0 Å². The standard InChI is InChI=1S/C14H18N6O7S/c1-8(21)18-5-4-16-11(18)6-12(22)17-13(15)10-3-2-9-7-19(10)14(23)20(9)27-28(24,25)26/h4-5,9-10H,2-3,6-7H2,1H3,(H2,15,17,22)(H,24,25,26). The number of hydroxylamine groups is 2. The van der Waals surface area contributed by atoms with Crippen LogP contribution in [-0.2, 0) is 25.9 Å². The molecule has 14 heteroatoms. The number of hydrogen-bond donors (Lipinski definition) is 3. The molecule has 2 unspecified atom stereocenters. The van der Waals surface area contributed by atoms with Crippen LogP contribution >= 0.6 is 0 Å². The van der Waals surface area contributed by atoms with Gasteiger partial charge in [0.15, 0.2) is 0 Å². The number of nitrogens with zero attached hydrogens (tertiary/aromatic N) is 4. The smallest absolute Gasteiger partial charge is 0.313 e. The van der Waals surface area contributed by atoms with Crippen LogP contribution in [0.25, 0.3) is 0 Å². The summed E-state index contributed by atoms with van der Waals surface area (Å²) in [6.45, 7) is 1.41. The van der Waals surface area contributed by atoms with Crippen LogP contribution in [-0.4, -0.2) is 74.8 Å². The van der Waals surface area contributed by atoms with Crippen molar-refractivity contribution in [3.05, 3.63) is 18.2 Å². The van der Waals surface area contributed by atoms with E-state index in [4.69, 9.17) is 9.96 Å². The lowest BCUT2D eigenvalue weighted by Crippen LogP contribution is -2.51. The number of piperidine rings is 1. The first-order valence-electron chi connectivity index (χ1n) is 8.25. The van der Waals surface area contributed by atoms with Crippen molar-refractivity contribution in [2.75, 3.05) is 6.54 Å². The average molecular weight is 414 g/mol. The number of rotatable bonds is 5. The van der Waals surface area contributed by atoms with Gasteiger partial charge in [0.1, 0.15) is 11.7 Å². The van der Waals surface area contributed by atoms with Crippen molar-refractivity contribution in [2.24, 2.45) is 0 Å². The molecule has 0 spiro atoms. The Balaban J connectivity index is 1.64. The lowest BCUT2D eigenvalue weighted by atomic mass is 10.00. The second-order valence-corrected chi connectivity index (χ2v) is 7.39. The molecule has 2 fully saturated rings. The fourth-order valence-corrected chi connectivity index (χ4v) is 3.69. The molecular formula is C14H18N6O7S. The Kier molecular flexibility index (Phi) is 5.18. The highest BCUT2D eigenvalue weighted by Gasteiger charge is 2.48. The van der Waals surface area contributed by atoms with Gasteiger partial charge in [-0.1, -0.05) is 0 Å². The van der Waals surface area contributed by atoms with Crippen LogP contribution < -0.4 is 5.32 Å². The summed E-state index contributed by atoms with van der Waals surface area (Å²) in [6, 6.07) is -2.19. The monoisotopic (exact) mass is 414 g/mol. The lowest BCUT2D eigenvalue weighted by Gasteiger charge is -2.30. The van der Waals surface area contributed by atoms with E-state index in [1.165, 1.54) is 28.8 Å². The number of carbonyl (C=O) groups excluding carboxylic acids is 3. The van der Waals surface area contributed by atoms with E-state index < -0.39 is 34.4 Å². The Morgan fingerprint density at radius 1 is 1.43 bits per heavy atom. The Bertz CT molecular complexity index is 942. The quantitative estimate of drug-likeness (QED) is 0.318. The first kappa shape index (κ1) is 19.9. The van der Waals surface area contributed by atoms with Gasteiger partial charge in [0.25, 0.3) is 0 Å². The number of fused-ring (bicyclic) bond motifs is 2. The lowest BCUT2D eigenvalue weighted by molar-refractivity contribution is -0.119. The largest absolute Gasteiger partial charge is 0.418 e. The minimum Gasteiger partial charge on any atom is -0.313 e. The number of urea groups is 1. The van der Waals surface area contributed by atoms with Crippen molar-refractivity contribution in [2.45, 2.75) is 38.3 Å². The SMILES string of the molecule is CC(=O)n1ccnc1CC(=O)NC(=N)C1CCC2CN1C(=O)N2OS(=O)(=O)O. The maximum absolute atomic E-state index is 12.3. The van der Waals surface area contributed by atoms with Crippen molar-refractivity contribution < 1.29 is 31.6 Å². The average Bonchev–Trinajstić information content (AvgIpc) is 3.13. The summed E-state index contributed by atoms with van der Waals surface area (Å²) in [6.07, 6.45) is 3.17. The second-order valence-electron chi connectivity index (χ2n) is 6.38. The maximum Gasteiger partial charge on any atom is 0.418 e. The third-order valence-corrected chi connectivity index (χ3v) is 4.83. The minimum atomic E-state index is -4.86. The Morgan fingerprint density at radius 2 is 2.14 bits per heavy atom. The summed E-state index contributed by atoms with van der Waals surface area (Å²) < 4.78 is 36.1. The van der Waals surface area contributed by atoms with Gasteiger partial charge in [-0.05, 0) is 12.8 Å². The molecule has 3 rings (SSSR count). The van der Waals surface area contributed by atoms with Crippen LogP contribution in [0.1, 0.15) is 30.4 Å². The van der Waals surface area contributed by atoms with E-state index in [9.17, 15) is 22.8 Å². The zero-order valence-corrected chi connectivity index (χ0v) is 15.5. The van der Waals surface area contributed by atoms with Gasteiger partial charge >= 0.3 is 16.4 Å². The summed E-state index contributed by atoms with van der Waals surface area (Å²) in [5.74, 6) is -0.924. The van der Waals surface area contributed by atoms with E-state index in [2.05, 4.69) is 14.6 Å². The number of hydrogen-bond acceptors (Lipinski definition) is 8. The van der Waals surface area contributed by atoms with E-state index >= 15 is 0 Å². The molecule has 0 aliphatic carbocycles. The number of carbonyl (C=O) groups is 3. The van der Waals surface area contributed by atoms with Crippen LogP contribution in [0.15, 0.2) is 12.4 Å². The summed E-state index contributed by atoms with van der Waals surface area (Å²) in [5.41, 5.74) is 0. The molecule has 3 heterocycles. The van der Waals surface area contributed by atoms with Gasteiger partial charge in [0.05, 0.1) is 18.5 Å². The first-order valence-corrected chi connectivity index (χ1v) is 9.61. The van der Waals surface area contributed by atoms with Crippen LogP contribution in [0.4, 0.5) is 4.79 Å².